The molecule has 2 fully saturated rings. The molecular weight excluding hydrogens is 232 g/mol. The zero-order valence-electron chi connectivity index (χ0n) is 9.94. The number of rotatable bonds is 4. The Morgan fingerprint density at radius 3 is 2.72 bits per heavy atom. The third-order valence-electron chi connectivity index (χ3n) is 3.16. The summed E-state index contributed by atoms with van der Waals surface area (Å²) in [4.78, 5) is 19.9. The Morgan fingerprint density at radius 1 is 1.33 bits per heavy atom. The highest BCUT2D eigenvalue weighted by molar-refractivity contribution is 5.79. The second-order valence-electron chi connectivity index (χ2n) is 4.76. The normalized spacial score (nSPS) is 22.7. The number of anilines is 2. The second-order valence-corrected chi connectivity index (χ2v) is 4.76. The maximum atomic E-state index is 11.1. The average Bonchev–Trinajstić information content (AvgIpc) is 3.14. The Labute approximate surface area is 105 Å². The molecule has 7 nitrogen and oxygen atoms in total. The van der Waals surface area contributed by atoms with Crippen LogP contribution in [-0.2, 0) is 4.79 Å². The van der Waals surface area contributed by atoms with E-state index in [1.165, 1.54) is 0 Å². The summed E-state index contributed by atoms with van der Waals surface area (Å²) < 4.78 is 0. The highest BCUT2D eigenvalue weighted by atomic mass is 16.1. The van der Waals surface area contributed by atoms with Gasteiger partial charge in [0.2, 0.25) is 5.91 Å². The van der Waals surface area contributed by atoms with Crippen LogP contribution < -0.4 is 21.9 Å². The van der Waals surface area contributed by atoms with Crippen molar-refractivity contribution in [2.75, 3.05) is 17.3 Å². The van der Waals surface area contributed by atoms with Gasteiger partial charge in [-0.25, -0.2) is 15.8 Å². The molecule has 7 heteroatoms. The molecule has 1 saturated carbocycles. The molecule has 1 aliphatic carbocycles. The third-order valence-corrected chi connectivity index (χ3v) is 3.16. The van der Waals surface area contributed by atoms with E-state index in [2.05, 4.69) is 26.0 Å². The summed E-state index contributed by atoms with van der Waals surface area (Å²) in [5.74, 6) is 8.09. The number of nitrogens with two attached hydrogens (primary N) is 1. The summed E-state index contributed by atoms with van der Waals surface area (Å²) in [6.07, 6.45) is 2.75. The van der Waals surface area contributed by atoms with Gasteiger partial charge in [-0.15, -0.1) is 0 Å². The van der Waals surface area contributed by atoms with Crippen LogP contribution in [0.5, 0.6) is 0 Å². The second kappa shape index (κ2) is 4.41. The van der Waals surface area contributed by atoms with E-state index < -0.39 is 0 Å². The highest BCUT2D eigenvalue weighted by Crippen LogP contribution is 2.38. The fourth-order valence-corrected chi connectivity index (χ4v) is 2.05. The van der Waals surface area contributed by atoms with E-state index in [0.717, 1.165) is 24.5 Å². The SMILES string of the molecule is NNc1cc(NC2CNC(=O)C2)nc(C2CC2)n1. The first-order valence-electron chi connectivity index (χ1n) is 6.13. The number of nitrogen functional groups attached to an aromatic ring is 1. The number of aromatic nitrogens is 2. The fraction of sp³-hybridized carbons (Fsp3) is 0.545. The molecule has 3 rings (SSSR count). The van der Waals surface area contributed by atoms with Crippen molar-refractivity contribution in [3.8, 4) is 0 Å². The summed E-state index contributed by atoms with van der Waals surface area (Å²) in [6.45, 7) is 0.632. The predicted octanol–water partition coefficient (Wildman–Crippen LogP) is -0.0600. The van der Waals surface area contributed by atoms with Crippen molar-refractivity contribution in [1.29, 1.82) is 0 Å². The van der Waals surface area contributed by atoms with E-state index in [-0.39, 0.29) is 11.9 Å². The molecule has 2 aliphatic rings. The molecule has 18 heavy (non-hydrogen) atoms. The van der Waals surface area contributed by atoms with Crippen molar-refractivity contribution >= 4 is 17.5 Å². The van der Waals surface area contributed by atoms with Crippen molar-refractivity contribution in [1.82, 2.24) is 15.3 Å². The molecule has 1 aliphatic heterocycles. The van der Waals surface area contributed by atoms with Crippen LogP contribution in [0.3, 0.4) is 0 Å². The van der Waals surface area contributed by atoms with Crippen LogP contribution in [0.4, 0.5) is 11.6 Å². The maximum absolute atomic E-state index is 11.1. The van der Waals surface area contributed by atoms with Gasteiger partial charge in [0, 0.05) is 24.9 Å². The number of nitrogens with one attached hydrogen (secondary N) is 3. The standard InChI is InChI=1S/C11H16N6O/c12-17-9-4-8(14-7-3-10(18)13-5-7)15-11(16-9)6-1-2-6/h4,6-7H,1-3,5,12H2,(H,13,18)(H2,14,15,16,17). The Morgan fingerprint density at radius 2 is 2.11 bits per heavy atom. The van der Waals surface area contributed by atoms with Gasteiger partial charge in [0.25, 0.3) is 0 Å². The van der Waals surface area contributed by atoms with Crippen LogP contribution in [0, 0.1) is 0 Å². The molecule has 1 saturated heterocycles. The molecular formula is C11H16N6O. The number of amides is 1. The zero-order valence-corrected chi connectivity index (χ0v) is 9.94. The van der Waals surface area contributed by atoms with Crippen LogP contribution in [0.25, 0.3) is 0 Å². The molecule has 1 aromatic heterocycles. The van der Waals surface area contributed by atoms with E-state index in [9.17, 15) is 4.79 Å². The Hall–Kier alpha value is -1.89. The fourth-order valence-electron chi connectivity index (χ4n) is 2.05. The topological polar surface area (TPSA) is 105 Å². The molecule has 5 N–H and O–H groups in total. The summed E-state index contributed by atoms with van der Waals surface area (Å²) in [5, 5.41) is 6.02. The van der Waals surface area contributed by atoms with Gasteiger partial charge in [-0.3, -0.25) is 4.79 Å². The van der Waals surface area contributed by atoms with Gasteiger partial charge in [-0.05, 0) is 12.8 Å². The molecule has 1 aromatic rings. The molecule has 0 aromatic carbocycles. The highest BCUT2D eigenvalue weighted by Gasteiger charge is 2.28. The van der Waals surface area contributed by atoms with Crippen LogP contribution in [-0.4, -0.2) is 28.5 Å². The molecule has 0 radical (unpaired) electrons. The minimum atomic E-state index is 0.0705. The van der Waals surface area contributed by atoms with E-state index in [4.69, 9.17) is 5.84 Å². The van der Waals surface area contributed by atoms with Gasteiger partial charge in [-0.2, -0.15) is 0 Å². The van der Waals surface area contributed by atoms with Gasteiger partial charge < -0.3 is 16.1 Å². The molecule has 0 bridgehead atoms. The smallest absolute Gasteiger partial charge is 0.222 e. The van der Waals surface area contributed by atoms with Gasteiger partial charge in [0.15, 0.2) is 0 Å². The Kier molecular flexibility index (Phi) is 2.75. The largest absolute Gasteiger partial charge is 0.365 e. The van der Waals surface area contributed by atoms with Crippen molar-refractivity contribution in [2.24, 2.45) is 5.84 Å². The number of hydrogen-bond donors (Lipinski definition) is 4. The number of carbonyl (C=O) groups is 1. The summed E-state index contributed by atoms with van der Waals surface area (Å²) in [5.41, 5.74) is 2.55. The van der Waals surface area contributed by atoms with Crippen LogP contribution in [0.1, 0.15) is 31.0 Å². The summed E-state index contributed by atoms with van der Waals surface area (Å²) >= 11 is 0. The molecule has 2 heterocycles. The number of hydrogen-bond acceptors (Lipinski definition) is 6. The predicted molar refractivity (Wildman–Crippen MR) is 66.9 cm³/mol. The van der Waals surface area contributed by atoms with Gasteiger partial charge >= 0.3 is 0 Å². The van der Waals surface area contributed by atoms with E-state index in [0.29, 0.717) is 24.7 Å². The summed E-state index contributed by atoms with van der Waals surface area (Å²) in [6, 6.07) is 1.85. The minimum absolute atomic E-state index is 0.0705. The third kappa shape index (κ3) is 2.35. The number of hydrazine groups is 1. The minimum Gasteiger partial charge on any atom is -0.365 e. The van der Waals surface area contributed by atoms with Gasteiger partial charge in [0.1, 0.15) is 17.5 Å². The molecule has 1 atom stereocenters. The number of carbonyl (C=O) groups excluding carboxylic acids is 1. The van der Waals surface area contributed by atoms with Gasteiger partial charge in [0.05, 0.1) is 6.04 Å². The molecule has 1 unspecified atom stereocenters. The van der Waals surface area contributed by atoms with Crippen LogP contribution in [0.2, 0.25) is 0 Å². The first-order chi connectivity index (χ1) is 8.74. The maximum Gasteiger partial charge on any atom is 0.222 e. The first kappa shape index (κ1) is 11.2. The first-order valence-corrected chi connectivity index (χ1v) is 6.13. The Bertz CT molecular complexity index is 473. The van der Waals surface area contributed by atoms with E-state index in [1.807, 2.05) is 0 Å². The zero-order chi connectivity index (χ0) is 12.5. The van der Waals surface area contributed by atoms with E-state index >= 15 is 0 Å². The monoisotopic (exact) mass is 248 g/mol. The molecule has 0 spiro atoms. The summed E-state index contributed by atoms with van der Waals surface area (Å²) in [7, 11) is 0. The number of nitrogens with zero attached hydrogens (tertiary/aromatic N) is 2. The molecule has 1 amide bonds. The lowest BCUT2D eigenvalue weighted by molar-refractivity contribution is -0.119. The van der Waals surface area contributed by atoms with Crippen molar-refractivity contribution in [2.45, 2.75) is 31.2 Å². The van der Waals surface area contributed by atoms with Crippen molar-refractivity contribution in [3.05, 3.63) is 11.9 Å². The lowest BCUT2D eigenvalue weighted by atomic mass is 10.2. The average molecular weight is 248 g/mol. The van der Waals surface area contributed by atoms with Gasteiger partial charge in [-0.1, -0.05) is 0 Å². The Balaban J connectivity index is 1.77. The quantitative estimate of drug-likeness (QED) is 0.439. The van der Waals surface area contributed by atoms with Crippen LogP contribution in [0.15, 0.2) is 6.07 Å². The van der Waals surface area contributed by atoms with Crippen molar-refractivity contribution < 1.29 is 4.79 Å². The lowest BCUT2D eigenvalue weighted by Crippen LogP contribution is -2.23. The lowest BCUT2D eigenvalue weighted by Gasteiger charge is -2.13. The molecule has 96 valence electrons. The van der Waals surface area contributed by atoms with Crippen molar-refractivity contribution in [3.63, 3.8) is 0 Å². The van der Waals surface area contributed by atoms with Crippen LogP contribution >= 0.6 is 0 Å². The van der Waals surface area contributed by atoms with E-state index in [1.54, 1.807) is 6.07 Å².